The van der Waals surface area contributed by atoms with E-state index in [1.54, 1.807) is 0 Å². The monoisotopic (exact) mass is 266 g/mol. The normalized spacial score (nSPS) is 10.0. The quantitative estimate of drug-likeness (QED) is 0.355. The molecular formula is C13H18N2O4. The van der Waals surface area contributed by atoms with Crippen LogP contribution in [-0.4, -0.2) is 24.5 Å². The summed E-state index contributed by atoms with van der Waals surface area (Å²) in [5.41, 5.74) is 0.487. The molecule has 0 atom stereocenters. The zero-order valence-corrected chi connectivity index (χ0v) is 11.1. The first kappa shape index (κ1) is 14.9. The number of ether oxygens (including phenoxy) is 1. The first-order valence-electron chi connectivity index (χ1n) is 6.20. The number of nitro groups is 1. The maximum atomic E-state index is 11.3. The molecule has 0 aliphatic carbocycles. The highest BCUT2D eigenvalue weighted by molar-refractivity contribution is 5.91. The van der Waals surface area contributed by atoms with Crippen LogP contribution in [0.1, 0.15) is 36.5 Å². The van der Waals surface area contributed by atoms with Crippen molar-refractivity contribution in [1.29, 1.82) is 0 Å². The molecule has 0 bridgehead atoms. The minimum absolute atomic E-state index is 0.112. The Balaban J connectivity index is 2.86. The fourth-order valence-electron chi connectivity index (χ4n) is 1.68. The van der Waals surface area contributed by atoms with Crippen molar-refractivity contribution in [2.75, 3.05) is 19.0 Å². The van der Waals surface area contributed by atoms with Crippen LogP contribution in [0.25, 0.3) is 0 Å². The van der Waals surface area contributed by atoms with Gasteiger partial charge in [0, 0.05) is 12.6 Å². The molecule has 0 unspecified atom stereocenters. The van der Waals surface area contributed by atoms with Crippen molar-refractivity contribution in [2.24, 2.45) is 0 Å². The number of carbonyl (C=O) groups is 1. The smallest absolute Gasteiger partial charge is 0.338 e. The summed E-state index contributed by atoms with van der Waals surface area (Å²) in [6.07, 6.45) is 3.11. The number of esters is 1. The Labute approximate surface area is 111 Å². The molecule has 0 heterocycles. The van der Waals surface area contributed by atoms with Gasteiger partial charge in [-0.25, -0.2) is 4.79 Å². The first-order valence-corrected chi connectivity index (χ1v) is 6.20. The summed E-state index contributed by atoms with van der Waals surface area (Å²) in [7, 11) is 1.24. The zero-order valence-electron chi connectivity index (χ0n) is 11.1. The van der Waals surface area contributed by atoms with Gasteiger partial charge >= 0.3 is 5.97 Å². The maximum Gasteiger partial charge on any atom is 0.338 e. The summed E-state index contributed by atoms with van der Waals surface area (Å²) < 4.78 is 4.54. The molecule has 0 aromatic heterocycles. The number of unbranched alkanes of at least 4 members (excludes halogenated alkanes) is 2. The van der Waals surface area contributed by atoms with E-state index in [1.807, 2.05) is 0 Å². The van der Waals surface area contributed by atoms with Gasteiger partial charge in [0.15, 0.2) is 0 Å². The van der Waals surface area contributed by atoms with E-state index in [0.29, 0.717) is 12.2 Å². The lowest BCUT2D eigenvalue weighted by Gasteiger charge is -2.07. The zero-order chi connectivity index (χ0) is 14.3. The van der Waals surface area contributed by atoms with Gasteiger partial charge in [-0.15, -0.1) is 0 Å². The van der Waals surface area contributed by atoms with Crippen LogP contribution in [0.2, 0.25) is 0 Å². The lowest BCUT2D eigenvalue weighted by atomic mass is 10.1. The molecule has 6 heteroatoms. The molecule has 0 amide bonds. The topological polar surface area (TPSA) is 81.5 Å². The SMILES string of the molecule is CCCCCNc1ccc(C(=O)OC)cc1[N+](=O)[O-]. The number of methoxy groups -OCH3 is 1. The second kappa shape index (κ2) is 7.35. The molecule has 1 N–H and O–H groups in total. The van der Waals surface area contributed by atoms with E-state index in [-0.39, 0.29) is 11.3 Å². The highest BCUT2D eigenvalue weighted by Gasteiger charge is 2.17. The number of nitro benzene ring substituents is 1. The van der Waals surface area contributed by atoms with Crippen LogP contribution in [0.3, 0.4) is 0 Å². The molecule has 1 aromatic carbocycles. The molecular weight excluding hydrogens is 248 g/mol. The molecule has 1 aromatic rings. The van der Waals surface area contributed by atoms with Crippen LogP contribution in [0, 0.1) is 10.1 Å². The van der Waals surface area contributed by atoms with E-state index in [1.165, 1.54) is 25.3 Å². The second-order valence-electron chi connectivity index (χ2n) is 4.11. The van der Waals surface area contributed by atoms with E-state index in [2.05, 4.69) is 17.0 Å². The Hall–Kier alpha value is -2.11. The van der Waals surface area contributed by atoms with Crippen molar-refractivity contribution in [3.63, 3.8) is 0 Å². The van der Waals surface area contributed by atoms with Crippen molar-refractivity contribution >= 4 is 17.3 Å². The minimum Gasteiger partial charge on any atom is -0.465 e. The maximum absolute atomic E-state index is 11.3. The predicted molar refractivity (Wildman–Crippen MR) is 72.5 cm³/mol. The summed E-state index contributed by atoms with van der Waals surface area (Å²) in [6, 6.07) is 4.28. The number of carbonyl (C=O) groups excluding carboxylic acids is 1. The average molecular weight is 266 g/mol. The molecule has 0 spiro atoms. The van der Waals surface area contributed by atoms with Crippen molar-refractivity contribution in [2.45, 2.75) is 26.2 Å². The number of nitrogens with one attached hydrogen (secondary N) is 1. The molecule has 0 fully saturated rings. The van der Waals surface area contributed by atoms with Crippen molar-refractivity contribution in [3.8, 4) is 0 Å². The van der Waals surface area contributed by atoms with Gasteiger partial charge in [0.25, 0.3) is 5.69 Å². The number of nitrogens with zero attached hydrogens (tertiary/aromatic N) is 1. The summed E-state index contributed by atoms with van der Waals surface area (Å²) in [4.78, 5) is 21.8. The largest absolute Gasteiger partial charge is 0.465 e. The van der Waals surface area contributed by atoms with E-state index in [0.717, 1.165) is 19.3 Å². The molecule has 19 heavy (non-hydrogen) atoms. The second-order valence-corrected chi connectivity index (χ2v) is 4.11. The number of benzene rings is 1. The lowest BCUT2D eigenvalue weighted by Crippen LogP contribution is -2.07. The Bertz CT molecular complexity index is 460. The molecule has 104 valence electrons. The van der Waals surface area contributed by atoms with Crippen LogP contribution in [0.5, 0.6) is 0 Å². The third kappa shape index (κ3) is 4.24. The third-order valence-corrected chi connectivity index (χ3v) is 2.71. The Morgan fingerprint density at radius 1 is 1.42 bits per heavy atom. The van der Waals surface area contributed by atoms with Crippen molar-refractivity contribution in [3.05, 3.63) is 33.9 Å². The average Bonchev–Trinajstić information content (AvgIpc) is 2.42. The van der Waals surface area contributed by atoms with Gasteiger partial charge in [-0.1, -0.05) is 19.8 Å². The van der Waals surface area contributed by atoms with Crippen LogP contribution in [0.15, 0.2) is 18.2 Å². The summed E-state index contributed by atoms with van der Waals surface area (Å²) in [5.74, 6) is -0.583. The van der Waals surface area contributed by atoms with Crippen molar-refractivity contribution in [1.82, 2.24) is 0 Å². The number of rotatable bonds is 7. The van der Waals surface area contributed by atoms with E-state index in [9.17, 15) is 14.9 Å². The number of anilines is 1. The van der Waals surface area contributed by atoms with Crippen LogP contribution in [-0.2, 0) is 4.74 Å². The van der Waals surface area contributed by atoms with Gasteiger partial charge in [-0.3, -0.25) is 10.1 Å². The Kier molecular flexibility index (Phi) is 5.78. The van der Waals surface area contributed by atoms with E-state index in [4.69, 9.17) is 0 Å². The van der Waals surface area contributed by atoms with Gasteiger partial charge in [0.1, 0.15) is 5.69 Å². The standard InChI is InChI=1S/C13H18N2O4/c1-3-4-5-8-14-11-7-6-10(13(16)19-2)9-12(11)15(17)18/h6-7,9,14H,3-5,8H2,1-2H3. The van der Waals surface area contributed by atoms with E-state index >= 15 is 0 Å². The predicted octanol–water partition coefficient (Wildman–Crippen LogP) is 2.98. The molecule has 0 aliphatic rings. The van der Waals surface area contributed by atoms with Gasteiger partial charge in [-0.05, 0) is 18.6 Å². The van der Waals surface area contributed by atoms with Gasteiger partial charge in [0.2, 0.25) is 0 Å². The molecule has 1 rings (SSSR count). The summed E-state index contributed by atoms with van der Waals surface area (Å²) in [6.45, 7) is 2.76. The van der Waals surface area contributed by atoms with Gasteiger partial charge < -0.3 is 10.1 Å². The molecule has 0 saturated carbocycles. The molecule has 0 radical (unpaired) electrons. The minimum atomic E-state index is -0.583. The Morgan fingerprint density at radius 2 is 2.16 bits per heavy atom. The molecule has 0 aliphatic heterocycles. The molecule has 0 saturated heterocycles. The Morgan fingerprint density at radius 3 is 2.74 bits per heavy atom. The van der Waals surface area contributed by atoms with Crippen LogP contribution >= 0.6 is 0 Å². The van der Waals surface area contributed by atoms with Gasteiger partial charge in [-0.2, -0.15) is 0 Å². The summed E-state index contributed by atoms with van der Waals surface area (Å²) >= 11 is 0. The number of hydrogen-bond acceptors (Lipinski definition) is 5. The lowest BCUT2D eigenvalue weighted by molar-refractivity contribution is -0.384. The fourth-order valence-corrected chi connectivity index (χ4v) is 1.68. The summed E-state index contributed by atoms with van der Waals surface area (Å²) in [5, 5.41) is 14.0. The number of hydrogen-bond donors (Lipinski definition) is 1. The molecule has 6 nitrogen and oxygen atoms in total. The van der Waals surface area contributed by atoms with E-state index < -0.39 is 10.9 Å². The van der Waals surface area contributed by atoms with Crippen molar-refractivity contribution < 1.29 is 14.5 Å². The van der Waals surface area contributed by atoms with Gasteiger partial charge in [0.05, 0.1) is 17.6 Å². The first-order chi connectivity index (χ1) is 9.10. The fraction of sp³-hybridized carbons (Fsp3) is 0.462. The van der Waals surface area contributed by atoms with Crippen LogP contribution < -0.4 is 5.32 Å². The third-order valence-electron chi connectivity index (χ3n) is 2.71. The highest BCUT2D eigenvalue weighted by Crippen LogP contribution is 2.25. The van der Waals surface area contributed by atoms with Crippen LogP contribution in [0.4, 0.5) is 11.4 Å². The highest BCUT2D eigenvalue weighted by atomic mass is 16.6.